The Morgan fingerprint density at radius 3 is 3.00 bits per heavy atom. The number of nitrogens with one attached hydrogen (secondary N) is 1. The molecule has 0 atom stereocenters. The number of aromatic nitrogens is 3. The molecule has 0 spiro atoms. The zero-order valence-electron chi connectivity index (χ0n) is 8.16. The maximum atomic E-state index is 11.6. The second kappa shape index (κ2) is 2.87. The maximum Gasteiger partial charge on any atom is 0.256 e. The minimum Gasteiger partial charge on any atom is -0.383 e. The molecule has 0 radical (unpaired) electrons. The number of rotatable bonds is 1. The highest BCUT2D eigenvalue weighted by Crippen LogP contribution is 2.11. The summed E-state index contributed by atoms with van der Waals surface area (Å²) in [6.07, 6.45) is 2.29. The number of nitrogen functional groups attached to an aromatic ring is 1. The smallest absolute Gasteiger partial charge is 0.256 e. The van der Waals surface area contributed by atoms with Crippen molar-refractivity contribution in [1.29, 1.82) is 0 Å². The Balaban J connectivity index is 2.95. The van der Waals surface area contributed by atoms with Crippen LogP contribution in [-0.4, -0.2) is 14.6 Å². The fourth-order valence-corrected chi connectivity index (χ4v) is 1.53. The van der Waals surface area contributed by atoms with Crippen molar-refractivity contribution < 1.29 is 0 Å². The van der Waals surface area contributed by atoms with E-state index in [9.17, 15) is 4.79 Å². The third kappa shape index (κ3) is 1.02. The molecule has 74 valence electrons. The minimum absolute atomic E-state index is 0.124. The van der Waals surface area contributed by atoms with E-state index in [-0.39, 0.29) is 5.56 Å². The number of H-pyrrole nitrogens is 1. The lowest BCUT2D eigenvalue weighted by atomic mass is 10.2. The SMILES string of the molecule is CCc1c(N)n2ncc(C)c2[nH]c1=O. The van der Waals surface area contributed by atoms with Gasteiger partial charge in [-0.2, -0.15) is 5.10 Å². The molecule has 0 saturated carbocycles. The summed E-state index contributed by atoms with van der Waals surface area (Å²) in [6, 6.07) is 0. The first-order valence-corrected chi connectivity index (χ1v) is 4.50. The molecule has 2 aromatic heterocycles. The molecular formula is C9H12N4O. The Hall–Kier alpha value is -1.78. The van der Waals surface area contributed by atoms with Crippen molar-refractivity contribution in [3.8, 4) is 0 Å². The van der Waals surface area contributed by atoms with E-state index >= 15 is 0 Å². The Morgan fingerprint density at radius 2 is 2.36 bits per heavy atom. The number of aryl methyl sites for hydroxylation is 1. The lowest BCUT2D eigenvalue weighted by Crippen LogP contribution is -2.18. The standard InChI is InChI=1S/C9H12N4O/c1-3-6-7(10)13-8(12-9(6)14)5(2)4-11-13/h4H,3,10H2,1-2H3,(H,12,14). The van der Waals surface area contributed by atoms with Crippen LogP contribution in [0.25, 0.3) is 5.65 Å². The molecule has 0 bridgehead atoms. The average molecular weight is 192 g/mol. The molecule has 2 aromatic rings. The normalized spacial score (nSPS) is 11.0. The van der Waals surface area contributed by atoms with E-state index in [4.69, 9.17) is 5.73 Å². The van der Waals surface area contributed by atoms with Crippen molar-refractivity contribution in [2.75, 3.05) is 5.73 Å². The topological polar surface area (TPSA) is 76.2 Å². The third-order valence-electron chi connectivity index (χ3n) is 2.35. The Kier molecular flexibility index (Phi) is 1.80. The lowest BCUT2D eigenvalue weighted by Gasteiger charge is -2.04. The summed E-state index contributed by atoms with van der Waals surface area (Å²) >= 11 is 0. The van der Waals surface area contributed by atoms with Crippen molar-refractivity contribution in [1.82, 2.24) is 14.6 Å². The number of hydrogen-bond acceptors (Lipinski definition) is 3. The van der Waals surface area contributed by atoms with Gasteiger partial charge < -0.3 is 10.7 Å². The van der Waals surface area contributed by atoms with Crippen LogP contribution >= 0.6 is 0 Å². The van der Waals surface area contributed by atoms with E-state index < -0.39 is 0 Å². The van der Waals surface area contributed by atoms with Crippen molar-refractivity contribution in [2.24, 2.45) is 0 Å². The molecule has 0 unspecified atom stereocenters. The number of aromatic amines is 1. The van der Waals surface area contributed by atoms with Gasteiger partial charge in [-0.3, -0.25) is 4.79 Å². The second-order valence-corrected chi connectivity index (χ2v) is 3.26. The first-order valence-electron chi connectivity index (χ1n) is 4.50. The molecular weight excluding hydrogens is 180 g/mol. The third-order valence-corrected chi connectivity index (χ3v) is 2.35. The van der Waals surface area contributed by atoms with Crippen molar-refractivity contribution >= 4 is 11.5 Å². The van der Waals surface area contributed by atoms with Gasteiger partial charge in [-0.15, -0.1) is 0 Å². The van der Waals surface area contributed by atoms with Crippen LogP contribution in [0, 0.1) is 6.92 Å². The maximum absolute atomic E-state index is 11.6. The van der Waals surface area contributed by atoms with Crippen LogP contribution < -0.4 is 11.3 Å². The van der Waals surface area contributed by atoms with Crippen LogP contribution in [0.2, 0.25) is 0 Å². The molecule has 0 aliphatic heterocycles. The fourth-order valence-electron chi connectivity index (χ4n) is 1.53. The predicted molar refractivity (Wildman–Crippen MR) is 54.3 cm³/mol. The first kappa shape index (κ1) is 8.80. The number of hydrogen-bond donors (Lipinski definition) is 2. The number of nitrogens with zero attached hydrogens (tertiary/aromatic N) is 2. The van der Waals surface area contributed by atoms with Gasteiger partial charge in [0.15, 0.2) is 0 Å². The van der Waals surface area contributed by atoms with Gasteiger partial charge >= 0.3 is 0 Å². The van der Waals surface area contributed by atoms with Gasteiger partial charge in [-0.05, 0) is 13.3 Å². The molecule has 0 aliphatic rings. The quantitative estimate of drug-likeness (QED) is 0.689. The van der Waals surface area contributed by atoms with E-state index in [0.717, 1.165) is 5.56 Å². The molecule has 5 heteroatoms. The lowest BCUT2D eigenvalue weighted by molar-refractivity contribution is 0.911. The van der Waals surface area contributed by atoms with Gasteiger partial charge in [0, 0.05) is 5.56 Å². The highest BCUT2D eigenvalue weighted by atomic mass is 16.1. The van der Waals surface area contributed by atoms with E-state index in [1.807, 2.05) is 13.8 Å². The number of fused-ring (bicyclic) bond motifs is 1. The van der Waals surface area contributed by atoms with Crippen LogP contribution in [0.3, 0.4) is 0 Å². The monoisotopic (exact) mass is 192 g/mol. The Morgan fingerprint density at radius 1 is 1.64 bits per heavy atom. The molecule has 5 nitrogen and oxygen atoms in total. The predicted octanol–water partition coefficient (Wildman–Crippen LogP) is 0.476. The molecule has 14 heavy (non-hydrogen) atoms. The molecule has 3 N–H and O–H groups in total. The summed E-state index contributed by atoms with van der Waals surface area (Å²) in [4.78, 5) is 14.3. The summed E-state index contributed by atoms with van der Waals surface area (Å²) in [5.41, 5.74) is 7.87. The van der Waals surface area contributed by atoms with Crippen LogP contribution in [0.5, 0.6) is 0 Å². The molecule has 2 heterocycles. The van der Waals surface area contributed by atoms with Gasteiger partial charge in [-0.1, -0.05) is 6.92 Å². The summed E-state index contributed by atoms with van der Waals surface area (Å²) in [5.74, 6) is 0.430. The fraction of sp³-hybridized carbons (Fsp3) is 0.333. The second-order valence-electron chi connectivity index (χ2n) is 3.26. The van der Waals surface area contributed by atoms with Crippen molar-refractivity contribution in [3.05, 3.63) is 27.7 Å². The zero-order valence-corrected chi connectivity index (χ0v) is 8.16. The zero-order chi connectivity index (χ0) is 10.3. The van der Waals surface area contributed by atoms with E-state index in [0.29, 0.717) is 23.4 Å². The molecule has 0 aromatic carbocycles. The van der Waals surface area contributed by atoms with Crippen LogP contribution in [0.4, 0.5) is 5.82 Å². The van der Waals surface area contributed by atoms with Crippen molar-refractivity contribution in [3.63, 3.8) is 0 Å². The summed E-state index contributed by atoms with van der Waals surface area (Å²) in [6.45, 7) is 3.77. The largest absolute Gasteiger partial charge is 0.383 e. The van der Waals surface area contributed by atoms with Crippen molar-refractivity contribution in [2.45, 2.75) is 20.3 Å². The average Bonchev–Trinajstić information content (AvgIpc) is 2.49. The molecule has 2 rings (SSSR count). The highest BCUT2D eigenvalue weighted by Gasteiger charge is 2.10. The number of anilines is 1. The molecule has 0 aliphatic carbocycles. The van der Waals surface area contributed by atoms with E-state index in [1.165, 1.54) is 0 Å². The Bertz CT molecular complexity index is 537. The molecule has 0 saturated heterocycles. The minimum atomic E-state index is -0.124. The highest BCUT2D eigenvalue weighted by molar-refractivity contribution is 5.53. The van der Waals surface area contributed by atoms with Gasteiger partial charge in [0.2, 0.25) is 0 Å². The van der Waals surface area contributed by atoms with Gasteiger partial charge in [0.25, 0.3) is 5.56 Å². The summed E-state index contributed by atoms with van der Waals surface area (Å²) < 4.78 is 1.57. The molecule has 0 amide bonds. The van der Waals surface area contributed by atoms with Crippen LogP contribution in [0.15, 0.2) is 11.0 Å². The molecule has 0 fully saturated rings. The van der Waals surface area contributed by atoms with Crippen LogP contribution in [-0.2, 0) is 6.42 Å². The van der Waals surface area contributed by atoms with Crippen LogP contribution in [0.1, 0.15) is 18.1 Å². The van der Waals surface area contributed by atoms with E-state index in [1.54, 1.807) is 10.7 Å². The first-order chi connectivity index (χ1) is 6.65. The van der Waals surface area contributed by atoms with Gasteiger partial charge in [-0.25, -0.2) is 4.52 Å². The summed E-state index contributed by atoms with van der Waals surface area (Å²) in [7, 11) is 0. The van der Waals surface area contributed by atoms with Gasteiger partial charge in [0.05, 0.1) is 11.8 Å². The number of nitrogens with two attached hydrogens (primary N) is 1. The van der Waals surface area contributed by atoms with E-state index in [2.05, 4.69) is 10.1 Å². The Labute approximate surface area is 80.6 Å². The summed E-state index contributed by atoms with van der Waals surface area (Å²) in [5, 5.41) is 4.09. The van der Waals surface area contributed by atoms with Gasteiger partial charge in [0.1, 0.15) is 11.5 Å².